The summed E-state index contributed by atoms with van der Waals surface area (Å²) < 4.78 is 25.2. The van der Waals surface area contributed by atoms with Gasteiger partial charge in [-0.1, -0.05) is 48.5 Å². The van der Waals surface area contributed by atoms with Crippen LogP contribution in [0.3, 0.4) is 0 Å². The normalized spacial score (nSPS) is 15.6. The van der Waals surface area contributed by atoms with E-state index in [9.17, 15) is 14.0 Å². The number of carbonyl (C=O) groups excluding carboxylic acids is 1. The van der Waals surface area contributed by atoms with Gasteiger partial charge in [0, 0.05) is 5.92 Å². The summed E-state index contributed by atoms with van der Waals surface area (Å²) in [6, 6.07) is 12.7. The molecule has 0 bridgehead atoms. The molecule has 0 saturated heterocycles. The Kier molecular flexibility index (Phi) is 4.10. The van der Waals surface area contributed by atoms with Crippen LogP contribution in [0.1, 0.15) is 18.4 Å². The lowest BCUT2D eigenvalue weighted by molar-refractivity contribution is -0.139. The average Bonchev–Trinajstić information content (AvgIpc) is 2.94. The Morgan fingerprint density at radius 2 is 1.71 bits per heavy atom. The Hall–Kier alpha value is -2.89. The van der Waals surface area contributed by atoms with Crippen LogP contribution >= 0.6 is 0 Å². The molecule has 0 spiro atoms. The van der Waals surface area contributed by atoms with Crippen molar-refractivity contribution in [2.45, 2.75) is 11.9 Å². The molecule has 1 atom stereocenters. The standard InChI is InChI=1S/C18H16FNO4/c19-9-16(17(21)22)20-18(23)24-10-15-13-7-3-1-5-11(13)12-6-2-4-8-14(12)15/h1-8,15-16H,9-10H2,(H,20,23)(H,21,22)/t16-/m0/s1/i16D. The van der Waals surface area contributed by atoms with Crippen molar-refractivity contribution in [3.63, 3.8) is 0 Å². The van der Waals surface area contributed by atoms with Crippen LogP contribution in [0.5, 0.6) is 0 Å². The number of nitrogens with one attached hydrogen (secondary N) is 1. The largest absolute Gasteiger partial charge is 0.480 e. The summed E-state index contributed by atoms with van der Waals surface area (Å²) in [4.78, 5) is 22.7. The Labute approximate surface area is 139 Å². The monoisotopic (exact) mass is 330 g/mol. The van der Waals surface area contributed by atoms with E-state index in [0.29, 0.717) is 0 Å². The number of amides is 1. The van der Waals surface area contributed by atoms with Crippen molar-refractivity contribution < 1.29 is 25.2 Å². The first kappa shape index (κ1) is 14.7. The van der Waals surface area contributed by atoms with Gasteiger partial charge in [0.1, 0.15) is 13.3 Å². The minimum absolute atomic E-state index is 0.0398. The molecule has 6 heteroatoms. The molecule has 2 aromatic carbocycles. The van der Waals surface area contributed by atoms with Gasteiger partial charge in [-0.3, -0.25) is 0 Å². The van der Waals surface area contributed by atoms with E-state index in [2.05, 4.69) is 0 Å². The van der Waals surface area contributed by atoms with Crippen molar-refractivity contribution in [3.05, 3.63) is 59.7 Å². The molecule has 0 fully saturated rings. The molecule has 0 unspecified atom stereocenters. The van der Waals surface area contributed by atoms with Gasteiger partial charge in [-0.25, -0.2) is 14.0 Å². The van der Waals surface area contributed by atoms with Gasteiger partial charge in [0.25, 0.3) is 0 Å². The van der Waals surface area contributed by atoms with E-state index >= 15 is 0 Å². The SMILES string of the molecule is [2H][C@@](CF)(NC(=O)OCC1c2ccccc2-c2ccccc21)C(=O)O. The van der Waals surface area contributed by atoms with Crippen molar-refractivity contribution in [3.8, 4) is 11.1 Å². The van der Waals surface area contributed by atoms with Gasteiger partial charge in [0.05, 0.1) is 1.37 Å². The maximum absolute atomic E-state index is 12.7. The van der Waals surface area contributed by atoms with E-state index in [1.807, 2.05) is 48.5 Å². The third kappa shape index (κ3) is 2.95. The second-order valence-corrected chi connectivity index (χ2v) is 5.37. The van der Waals surface area contributed by atoms with E-state index in [1.165, 1.54) is 0 Å². The number of ether oxygens (including phenoxy) is 1. The van der Waals surface area contributed by atoms with Crippen molar-refractivity contribution in [1.82, 2.24) is 5.32 Å². The molecule has 0 aromatic heterocycles. The number of fused-ring (bicyclic) bond motifs is 3. The van der Waals surface area contributed by atoms with Crippen LogP contribution < -0.4 is 5.32 Å². The molecule has 0 saturated carbocycles. The first-order valence-electron chi connectivity index (χ1n) is 7.89. The van der Waals surface area contributed by atoms with Gasteiger partial charge >= 0.3 is 12.1 Å². The highest BCUT2D eigenvalue weighted by molar-refractivity contribution is 5.81. The lowest BCUT2D eigenvalue weighted by atomic mass is 9.98. The number of carboxylic acids is 1. The number of rotatable bonds is 5. The second kappa shape index (κ2) is 6.70. The fraction of sp³-hybridized carbons (Fsp3) is 0.222. The van der Waals surface area contributed by atoms with Crippen molar-refractivity contribution >= 4 is 12.1 Å². The molecular formula is C18H16FNO4. The first-order chi connectivity index (χ1) is 12.0. The second-order valence-electron chi connectivity index (χ2n) is 5.37. The summed E-state index contributed by atoms with van der Waals surface area (Å²) in [6.45, 7) is -1.60. The first-order valence-corrected chi connectivity index (χ1v) is 7.39. The molecule has 2 aromatic rings. The molecule has 1 aliphatic rings. The van der Waals surface area contributed by atoms with E-state index < -0.39 is 24.8 Å². The summed E-state index contributed by atoms with van der Waals surface area (Å²) in [5, 5.41) is 10.6. The number of halogens is 1. The number of alkyl carbamates (subject to hydrolysis) is 1. The molecule has 0 aliphatic heterocycles. The Balaban J connectivity index is 1.76. The quantitative estimate of drug-likeness (QED) is 0.884. The van der Waals surface area contributed by atoms with Gasteiger partial charge < -0.3 is 15.2 Å². The zero-order chi connectivity index (χ0) is 18.0. The molecule has 5 nitrogen and oxygen atoms in total. The van der Waals surface area contributed by atoms with Crippen molar-refractivity contribution in [2.24, 2.45) is 0 Å². The molecule has 1 amide bonds. The van der Waals surface area contributed by atoms with Crippen LogP contribution in [0.25, 0.3) is 11.1 Å². The van der Waals surface area contributed by atoms with Crippen LogP contribution in [0.15, 0.2) is 48.5 Å². The topological polar surface area (TPSA) is 75.6 Å². The smallest absolute Gasteiger partial charge is 0.407 e. The number of alkyl halides is 1. The molecule has 0 radical (unpaired) electrons. The number of benzene rings is 2. The number of hydrogen-bond acceptors (Lipinski definition) is 3. The number of hydrogen-bond donors (Lipinski definition) is 2. The maximum atomic E-state index is 12.7. The molecule has 2 N–H and O–H groups in total. The Morgan fingerprint density at radius 1 is 1.17 bits per heavy atom. The van der Waals surface area contributed by atoms with Gasteiger partial charge in [0.15, 0.2) is 6.02 Å². The predicted molar refractivity (Wildman–Crippen MR) is 85.6 cm³/mol. The molecule has 24 heavy (non-hydrogen) atoms. The maximum Gasteiger partial charge on any atom is 0.407 e. The summed E-state index contributed by atoms with van der Waals surface area (Å²) in [7, 11) is 0. The van der Waals surface area contributed by atoms with E-state index in [-0.39, 0.29) is 12.5 Å². The van der Waals surface area contributed by atoms with E-state index in [4.69, 9.17) is 11.2 Å². The highest BCUT2D eigenvalue weighted by atomic mass is 19.1. The van der Waals surface area contributed by atoms with E-state index in [1.54, 1.807) is 5.32 Å². The molecule has 1 aliphatic carbocycles. The fourth-order valence-corrected chi connectivity index (χ4v) is 2.90. The molecule has 3 rings (SSSR count). The van der Waals surface area contributed by atoms with Crippen LogP contribution in [-0.2, 0) is 9.53 Å². The Morgan fingerprint density at radius 3 is 2.21 bits per heavy atom. The van der Waals surface area contributed by atoms with Gasteiger partial charge in [-0.05, 0) is 22.3 Å². The van der Waals surface area contributed by atoms with Gasteiger partial charge in [-0.2, -0.15) is 0 Å². The minimum atomic E-state index is -2.75. The summed E-state index contributed by atoms with van der Waals surface area (Å²) in [6.07, 6.45) is -1.14. The zero-order valence-electron chi connectivity index (χ0n) is 13.7. The summed E-state index contributed by atoms with van der Waals surface area (Å²) in [5.74, 6) is -1.99. The average molecular weight is 330 g/mol. The molecule has 124 valence electrons. The molecule has 0 heterocycles. The lowest BCUT2D eigenvalue weighted by Gasteiger charge is -2.16. The zero-order valence-corrected chi connectivity index (χ0v) is 12.7. The number of carbonyl (C=O) groups is 2. The van der Waals surface area contributed by atoms with Gasteiger partial charge in [-0.15, -0.1) is 0 Å². The Bertz CT molecular complexity index is 783. The molecular weight excluding hydrogens is 313 g/mol. The third-order valence-electron chi connectivity index (χ3n) is 3.99. The van der Waals surface area contributed by atoms with E-state index in [0.717, 1.165) is 22.3 Å². The highest BCUT2D eigenvalue weighted by Crippen LogP contribution is 2.44. The lowest BCUT2D eigenvalue weighted by Crippen LogP contribution is -2.42. The highest BCUT2D eigenvalue weighted by Gasteiger charge is 2.29. The number of aliphatic carboxylic acids is 1. The third-order valence-corrected chi connectivity index (χ3v) is 3.99. The van der Waals surface area contributed by atoms with Crippen LogP contribution in [-0.4, -0.2) is 36.5 Å². The fourth-order valence-electron chi connectivity index (χ4n) is 2.90. The predicted octanol–water partition coefficient (Wildman–Crippen LogP) is 2.95. The summed E-state index contributed by atoms with van der Waals surface area (Å²) >= 11 is 0. The van der Waals surface area contributed by atoms with Crippen LogP contribution in [0.2, 0.25) is 0 Å². The van der Waals surface area contributed by atoms with Crippen LogP contribution in [0.4, 0.5) is 9.18 Å². The van der Waals surface area contributed by atoms with Crippen molar-refractivity contribution in [1.29, 1.82) is 0 Å². The van der Waals surface area contributed by atoms with Gasteiger partial charge in [0.2, 0.25) is 0 Å². The number of carboxylic acid groups (broad SMARTS) is 1. The summed E-state index contributed by atoms with van der Waals surface area (Å²) in [5.41, 5.74) is 4.10. The minimum Gasteiger partial charge on any atom is -0.480 e. The van der Waals surface area contributed by atoms with Crippen molar-refractivity contribution in [2.75, 3.05) is 13.3 Å². The van der Waals surface area contributed by atoms with Crippen LogP contribution in [0, 0.1) is 0 Å².